The second-order valence-electron chi connectivity index (χ2n) is 4.33. The Bertz CT molecular complexity index is 628. The molecule has 2 rings (SSSR count). The molecule has 0 amide bonds. The summed E-state index contributed by atoms with van der Waals surface area (Å²) in [5, 5.41) is 3.59. The molecule has 1 aromatic heterocycles. The molecule has 1 heterocycles. The van der Waals surface area contributed by atoms with E-state index in [9.17, 15) is 4.79 Å². The number of hydrogen-bond acceptors (Lipinski definition) is 4. The standard InChI is InChI=1S/C14H13BrClNO3/c1-14(13(18)19-2,11-7-8-12(15)20-11)17-10-6-4-3-5-9(10)16/h3-8,17H,1-2H3. The maximum atomic E-state index is 12.2. The maximum Gasteiger partial charge on any atom is 0.339 e. The highest BCUT2D eigenvalue weighted by Crippen LogP contribution is 2.33. The van der Waals surface area contributed by atoms with Gasteiger partial charge in [0.15, 0.2) is 10.2 Å². The number of rotatable bonds is 4. The Morgan fingerprint density at radius 2 is 2.05 bits per heavy atom. The van der Waals surface area contributed by atoms with Crippen LogP contribution in [0.5, 0.6) is 0 Å². The first kappa shape index (κ1) is 14.9. The van der Waals surface area contributed by atoms with Crippen molar-refractivity contribution in [2.45, 2.75) is 12.5 Å². The molecule has 1 unspecified atom stereocenters. The van der Waals surface area contributed by atoms with Crippen LogP contribution < -0.4 is 5.32 Å². The fourth-order valence-electron chi connectivity index (χ4n) is 1.83. The van der Waals surface area contributed by atoms with Gasteiger partial charge in [0.1, 0.15) is 5.76 Å². The van der Waals surface area contributed by atoms with Crippen LogP contribution in [0.4, 0.5) is 5.69 Å². The molecule has 6 heteroatoms. The van der Waals surface area contributed by atoms with Crippen molar-refractivity contribution in [3.8, 4) is 0 Å². The first-order valence-corrected chi connectivity index (χ1v) is 7.01. The molecular formula is C14H13BrClNO3. The van der Waals surface area contributed by atoms with Crippen LogP contribution in [-0.2, 0) is 15.1 Å². The number of carbonyl (C=O) groups excluding carboxylic acids is 1. The summed E-state index contributed by atoms with van der Waals surface area (Å²) in [4.78, 5) is 12.2. The Hall–Kier alpha value is -1.46. The third-order valence-electron chi connectivity index (χ3n) is 2.92. The van der Waals surface area contributed by atoms with Gasteiger partial charge in [-0.3, -0.25) is 0 Å². The van der Waals surface area contributed by atoms with Gasteiger partial charge in [0, 0.05) is 0 Å². The van der Waals surface area contributed by atoms with Gasteiger partial charge in [0.25, 0.3) is 0 Å². The van der Waals surface area contributed by atoms with Crippen LogP contribution in [-0.4, -0.2) is 13.1 Å². The highest BCUT2D eigenvalue weighted by Gasteiger charge is 2.40. The minimum absolute atomic E-state index is 0.427. The van der Waals surface area contributed by atoms with E-state index in [1.54, 1.807) is 31.2 Å². The lowest BCUT2D eigenvalue weighted by atomic mass is 9.98. The third-order valence-corrected chi connectivity index (χ3v) is 3.67. The lowest BCUT2D eigenvalue weighted by Gasteiger charge is -2.27. The van der Waals surface area contributed by atoms with Gasteiger partial charge in [-0.2, -0.15) is 0 Å². The summed E-state index contributed by atoms with van der Waals surface area (Å²) < 4.78 is 10.9. The minimum Gasteiger partial charge on any atom is -0.467 e. The third kappa shape index (κ3) is 2.83. The number of ether oxygens (including phenoxy) is 1. The van der Waals surface area contributed by atoms with Crippen LogP contribution in [0.15, 0.2) is 45.5 Å². The Morgan fingerprint density at radius 3 is 2.60 bits per heavy atom. The number of halogens is 2. The number of anilines is 1. The van der Waals surface area contributed by atoms with Crippen LogP contribution in [0.3, 0.4) is 0 Å². The fourth-order valence-corrected chi connectivity index (χ4v) is 2.32. The van der Waals surface area contributed by atoms with Gasteiger partial charge in [-0.1, -0.05) is 23.7 Å². The van der Waals surface area contributed by atoms with Crippen molar-refractivity contribution < 1.29 is 13.9 Å². The van der Waals surface area contributed by atoms with E-state index in [0.29, 0.717) is 21.1 Å². The maximum absolute atomic E-state index is 12.2. The number of para-hydroxylation sites is 1. The monoisotopic (exact) mass is 357 g/mol. The zero-order chi connectivity index (χ0) is 14.8. The molecule has 0 saturated heterocycles. The zero-order valence-electron chi connectivity index (χ0n) is 10.9. The summed E-state index contributed by atoms with van der Waals surface area (Å²) in [7, 11) is 1.33. The summed E-state index contributed by atoms with van der Waals surface area (Å²) in [6.07, 6.45) is 0. The van der Waals surface area contributed by atoms with E-state index in [4.69, 9.17) is 20.8 Å². The minimum atomic E-state index is -1.17. The molecule has 0 radical (unpaired) electrons. The Morgan fingerprint density at radius 1 is 1.35 bits per heavy atom. The summed E-state index contributed by atoms with van der Waals surface area (Å²) in [5.74, 6) is -0.0459. The number of furan rings is 1. The number of nitrogens with one attached hydrogen (secondary N) is 1. The number of carbonyl (C=O) groups is 1. The van der Waals surface area contributed by atoms with E-state index >= 15 is 0 Å². The first-order valence-electron chi connectivity index (χ1n) is 5.84. The second-order valence-corrected chi connectivity index (χ2v) is 5.51. The summed E-state index contributed by atoms with van der Waals surface area (Å²) >= 11 is 9.34. The molecule has 0 fully saturated rings. The van der Waals surface area contributed by atoms with Crippen LogP contribution in [0, 0.1) is 0 Å². The van der Waals surface area contributed by atoms with Crippen molar-refractivity contribution in [2.24, 2.45) is 0 Å². The fraction of sp³-hybridized carbons (Fsp3) is 0.214. The van der Waals surface area contributed by atoms with Gasteiger partial charge in [-0.05, 0) is 47.1 Å². The first-order chi connectivity index (χ1) is 9.47. The van der Waals surface area contributed by atoms with E-state index in [1.807, 2.05) is 12.1 Å². The molecule has 1 N–H and O–H groups in total. The SMILES string of the molecule is COC(=O)C(C)(Nc1ccccc1Cl)c1ccc(Br)o1. The van der Waals surface area contributed by atoms with Crippen molar-refractivity contribution in [1.82, 2.24) is 0 Å². The number of esters is 1. The van der Waals surface area contributed by atoms with E-state index in [2.05, 4.69) is 21.2 Å². The zero-order valence-corrected chi connectivity index (χ0v) is 13.3. The van der Waals surface area contributed by atoms with Gasteiger partial charge < -0.3 is 14.5 Å². The van der Waals surface area contributed by atoms with Gasteiger partial charge in [0.05, 0.1) is 17.8 Å². The summed E-state index contributed by atoms with van der Waals surface area (Å²) in [6, 6.07) is 10.6. The van der Waals surface area contributed by atoms with Crippen LogP contribution in [0.2, 0.25) is 5.02 Å². The van der Waals surface area contributed by atoms with E-state index < -0.39 is 11.5 Å². The molecule has 2 aromatic rings. The average Bonchev–Trinajstić information content (AvgIpc) is 2.87. The van der Waals surface area contributed by atoms with Crippen molar-refractivity contribution in [1.29, 1.82) is 0 Å². The second kappa shape index (κ2) is 5.89. The van der Waals surface area contributed by atoms with Crippen LogP contribution in [0.1, 0.15) is 12.7 Å². The normalized spacial score (nSPS) is 13.6. The predicted octanol–water partition coefficient (Wildman–Crippen LogP) is 4.20. The molecule has 106 valence electrons. The van der Waals surface area contributed by atoms with E-state index in [0.717, 1.165) is 0 Å². The number of methoxy groups -OCH3 is 1. The lowest BCUT2D eigenvalue weighted by molar-refractivity contribution is -0.146. The number of hydrogen-bond donors (Lipinski definition) is 1. The molecule has 0 aliphatic rings. The smallest absolute Gasteiger partial charge is 0.339 e. The molecule has 0 aliphatic carbocycles. The number of benzene rings is 1. The highest BCUT2D eigenvalue weighted by molar-refractivity contribution is 9.10. The Labute approximate surface area is 130 Å². The Balaban J connectivity index is 2.43. The molecule has 20 heavy (non-hydrogen) atoms. The quantitative estimate of drug-likeness (QED) is 0.832. The van der Waals surface area contributed by atoms with E-state index in [1.165, 1.54) is 7.11 Å². The van der Waals surface area contributed by atoms with Gasteiger partial charge in [-0.25, -0.2) is 4.79 Å². The molecule has 1 aromatic carbocycles. The Kier molecular flexibility index (Phi) is 4.40. The molecule has 4 nitrogen and oxygen atoms in total. The van der Waals surface area contributed by atoms with Crippen molar-refractivity contribution in [3.05, 3.63) is 51.9 Å². The van der Waals surface area contributed by atoms with Gasteiger partial charge in [0.2, 0.25) is 0 Å². The molecular weight excluding hydrogens is 346 g/mol. The highest BCUT2D eigenvalue weighted by atomic mass is 79.9. The lowest BCUT2D eigenvalue weighted by Crippen LogP contribution is -2.41. The largest absolute Gasteiger partial charge is 0.467 e. The van der Waals surface area contributed by atoms with Crippen LogP contribution in [0.25, 0.3) is 0 Å². The predicted molar refractivity (Wildman–Crippen MR) is 80.9 cm³/mol. The van der Waals surface area contributed by atoms with Crippen LogP contribution >= 0.6 is 27.5 Å². The summed E-state index contributed by atoms with van der Waals surface area (Å²) in [6.45, 7) is 1.67. The molecule has 0 bridgehead atoms. The average molecular weight is 359 g/mol. The summed E-state index contributed by atoms with van der Waals surface area (Å²) in [5.41, 5.74) is -0.555. The molecule has 1 atom stereocenters. The van der Waals surface area contributed by atoms with E-state index in [-0.39, 0.29) is 0 Å². The van der Waals surface area contributed by atoms with Gasteiger partial charge in [-0.15, -0.1) is 0 Å². The van der Waals surface area contributed by atoms with Crippen molar-refractivity contribution >= 4 is 39.2 Å². The van der Waals surface area contributed by atoms with Crippen molar-refractivity contribution in [3.63, 3.8) is 0 Å². The topological polar surface area (TPSA) is 51.5 Å². The molecule has 0 saturated carbocycles. The van der Waals surface area contributed by atoms with Crippen molar-refractivity contribution in [2.75, 3.05) is 12.4 Å². The van der Waals surface area contributed by atoms with Gasteiger partial charge >= 0.3 is 5.97 Å². The molecule has 0 spiro atoms. The molecule has 0 aliphatic heterocycles.